The Balaban J connectivity index is 1.75. The van der Waals surface area contributed by atoms with Gasteiger partial charge in [-0.2, -0.15) is 0 Å². The number of aryl methyl sites for hydroxylation is 1. The lowest BCUT2D eigenvalue weighted by atomic mass is 10.0. The zero-order chi connectivity index (χ0) is 22.4. The molecule has 0 saturated carbocycles. The smallest absolute Gasteiger partial charge is 0.247 e. The van der Waals surface area contributed by atoms with Crippen LogP contribution in [0.5, 0.6) is 5.75 Å². The molecule has 0 radical (unpaired) electrons. The van der Waals surface area contributed by atoms with Crippen LogP contribution in [0.2, 0.25) is 0 Å². The van der Waals surface area contributed by atoms with Gasteiger partial charge in [0.15, 0.2) is 0 Å². The third-order valence-electron chi connectivity index (χ3n) is 5.56. The Bertz CT molecular complexity index is 899. The molecule has 10 heteroatoms. The second kappa shape index (κ2) is 10.3. The van der Waals surface area contributed by atoms with E-state index in [0.29, 0.717) is 38.4 Å². The van der Waals surface area contributed by atoms with E-state index in [4.69, 9.17) is 4.74 Å². The van der Waals surface area contributed by atoms with Crippen molar-refractivity contribution in [3.63, 3.8) is 0 Å². The van der Waals surface area contributed by atoms with Crippen molar-refractivity contribution in [2.45, 2.75) is 25.8 Å². The molecule has 2 heterocycles. The number of hydrogen-bond donors (Lipinski definition) is 0. The molecular weight excluding hydrogens is 398 g/mol. The van der Waals surface area contributed by atoms with E-state index < -0.39 is 6.04 Å². The van der Waals surface area contributed by atoms with E-state index in [-0.39, 0.29) is 11.8 Å². The number of hydrogen-bond acceptors (Lipinski definition) is 7. The van der Waals surface area contributed by atoms with E-state index in [9.17, 15) is 9.59 Å². The van der Waals surface area contributed by atoms with E-state index in [1.807, 2.05) is 29.2 Å². The number of tetrazole rings is 1. The normalized spacial score (nSPS) is 15.9. The summed E-state index contributed by atoms with van der Waals surface area (Å²) in [5.41, 5.74) is 0.973. The lowest BCUT2D eigenvalue weighted by Gasteiger charge is -2.27. The molecule has 0 bridgehead atoms. The largest absolute Gasteiger partial charge is 0.497 e. The SMILES string of the molecule is COc1cccc(C[C@@H](C(=O)N2CCCN(CC(=O)N(C)C)CC2)n2nnnc2C)c1. The number of nitrogens with zero attached hydrogens (tertiary/aromatic N) is 7. The number of methoxy groups -OCH3 is 1. The van der Waals surface area contributed by atoms with Crippen LogP contribution in [-0.2, 0) is 16.0 Å². The van der Waals surface area contributed by atoms with E-state index >= 15 is 0 Å². The molecule has 3 rings (SSSR count). The highest BCUT2D eigenvalue weighted by Crippen LogP contribution is 2.21. The molecule has 1 aliphatic heterocycles. The van der Waals surface area contributed by atoms with Crippen molar-refractivity contribution in [2.24, 2.45) is 0 Å². The van der Waals surface area contributed by atoms with Crippen LogP contribution in [0.4, 0.5) is 0 Å². The third kappa shape index (κ3) is 5.78. The number of likely N-dealkylation sites (N-methyl/N-ethyl adjacent to an activating group) is 1. The Kier molecular flexibility index (Phi) is 7.56. The summed E-state index contributed by atoms with van der Waals surface area (Å²) in [6, 6.07) is 7.14. The van der Waals surface area contributed by atoms with Crippen LogP contribution in [-0.4, -0.2) is 101 Å². The Labute approximate surface area is 182 Å². The summed E-state index contributed by atoms with van der Waals surface area (Å²) < 4.78 is 6.92. The van der Waals surface area contributed by atoms with Gasteiger partial charge in [0.1, 0.15) is 17.6 Å². The van der Waals surface area contributed by atoms with Crippen LogP contribution < -0.4 is 4.74 Å². The van der Waals surface area contributed by atoms with Gasteiger partial charge in [-0.1, -0.05) is 12.1 Å². The van der Waals surface area contributed by atoms with Crippen molar-refractivity contribution in [1.29, 1.82) is 0 Å². The van der Waals surface area contributed by atoms with Crippen molar-refractivity contribution in [3.05, 3.63) is 35.7 Å². The highest BCUT2D eigenvalue weighted by Gasteiger charge is 2.30. The number of carbonyl (C=O) groups is 2. The standard InChI is InChI=1S/C21H31N7O3/c1-16-22-23-24-28(16)19(14-17-7-5-8-18(13-17)31-4)21(30)27-10-6-9-26(11-12-27)15-20(29)25(2)3/h5,7-8,13,19H,6,9-12,14-15H2,1-4H3/t19-/m0/s1. The number of carbonyl (C=O) groups excluding carboxylic acids is 2. The quantitative estimate of drug-likeness (QED) is 0.628. The third-order valence-corrected chi connectivity index (χ3v) is 5.56. The second-order valence-corrected chi connectivity index (χ2v) is 7.99. The minimum absolute atomic E-state index is 0.0148. The van der Waals surface area contributed by atoms with Crippen molar-refractivity contribution < 1.29 is 14.3 Å². The molecule has 2 aromatic rings. The Morgan fingerprint density at radius 3 is 2.68 bits per heavy atom. The molecule has 1 aliphatic rings. The molecule has 168 valence electrons. The van der Waals surface area contributed by atoms with Crippen LogP contribution in [0, 0.1) is 6.92 Å². The van der Waals surface area contributed by atoms with Crippen molar-refractivity contribution in [3.8, 4) is 5.75 Å². The lowest BCUT2D eigenvalue weighted by Crippen LogP contribution is -2.42. The monoisotopic (exact) mass is 429 g/mol. The minimum atomic E-state index is -0.544. The van der Waals surface area contributed by atoms with Crippen molar-refractivity contribution in [1.82, 2.24) is 34.9 Å². The highest BCUT2D eigenvalue weighted by atomic mass is 16.5. The fourth-order valence-corrected chi connectivity index (χ4v) is 3.72. The maximum Gasteiger partial charge on any atom is 0.247 e. The first-order valence-electron chi connectivity index (χ1n) is 10.5. The first-order chi connectivity index (χ1) is 14.9. The average molecular weight is 430 g/mol. The maximum absolute atomic E-state index is 13.6. The fourth-order valence-electron chi connectivity index (χ4n) is 3.72. The second-order valence-electron chi connectivity index (χ2n) is 7.99. The van der Waals surface area contributed by atoms with E-state index in [1.165, 1.54) is 0 Å². The van der Waals surface area contributed by atoms with Crippen LogP contribution in [0.25, 0.3) is 0 Å². The molecule has 31 heavy (non-hydrogen) atoms. The summed E-state index contributed by atoms with van der Waals surface area (Å²) in [4.78, 5) is 31.2. The molecule has 0 spiro atoms. The zero-order valence-electron chi connectivity index (χ0n) is 18.7. The van der Waals surface area contributed by atoms with Crippen molar-refractivity contribution in [2.75, 3.05) is 53.9 Å². The van der Waals surface area contributed by atoms with E-state index in [0.717, 1.165) is 24.3 Å². The molecular formula is C21H31N7O3. The predicted octanol–water partition coefficient (Wildman–Crippen LogP) is 0.396. The molecule has 1 aromatic carbocycles. The van der Waals surface area contributed by atoms with Gasteiger partial charge < -0.3 is 14.5 Å². The summed E-state index contributed by atoms with van der Waals surface area (Å²) in [7, 11) is 5.14. The summed E-state index contributed by atoms with van der Waals surface area (Å²) >= 11 is 0. The van der Waals surface area contributed by atoms with Crippen LogP contribution in [0.15, 0.2) is 24.3 Å². The summed E-state index contributed by atoms with van der Waals surface area (Å²) in [6.45, 7) is 4.81. The number of rotatable bonds is 7. The molecule has 0 N–H and O–H groups in total. The number of amides is 2. The predicted molar refractivity (Wildman–Crippen MR) is 115 cm³/mol. The fraction of sp³-hybridized carbons (Fsp3) is 0.571. The molecule has 0 aliphatic carbocycles. The molecule has 10 nitrogen and oxygen atoms in total. The molecule has 1 atom stereocenters. The molecule has 1 aromatic heterocycles. The van der Waals surface area contributed by atoms with E-state index in [2.05, 4.69) is 20.4 Å². The minimum Gasteiger partial charge on any atom is -0.497 e. The van der Waals surface area contributed by atoms with Crippen LogP contribution in [0.1, 0.15) is 23.9 Å². The number of aromatic nitrogens is 4. The van der Waals surface area contributed by atoms with Crippen molar-refractivity contribution >= 4 is 11.8 Å². The average Bonchev–Trinajstić information content (AvgIpc) is 3.04. The Morgan fingerprint density at radius 2 is 2.00 bits per heavy atom. The van der Waals surface area contributed by atoms with Gasteiger partial charge in [0.2, 0.25) is 11.8 Å². The summed E-state index contributed by atoms with van der Waals surface area (Å²) in [5, 5.41) is 11.8. The van der Waals surface area contributed by atoms with Gasteiger partial charge in [-0.05, 0) is 41.5 Å². The topological polar surface area (TPSA) is 96.7 Å². The van der Waals surface area contributed by atoms with Crippen LogP contribution >= 0.6 is 0 Å². The molecule has 1 fully saturated rings. The van der Waals surface area contributed by atoms with Gasteiger partial charge in [-0.3, -0.25) is 14.5 Å². The number of ether oxygens (including phenoxy) is 1. The van der Waals surface area contributed by atoms with Gasteiger partial charge in [-0.15, -0.1) is 5.10 Å². The summed E-state index contributed by atoms with van der Waals surface area (Å²) in [5.74, 6) is 1.39. The summed E-state index contributed by atoms with van der Waals surface area (Å²) in [6.07, 6.45) is 1.27. The van der Waals surface area contributed by atoms with Gasteiger partial charge in [0.05, 0.1) is 13.7 Å². The van der Waals surface area contributed by atoms with Gasteiger partial charge in [-0.25, -0.2) is 4.68 Å². The lowest BCUT2D eigenvalue weighted by molar-refractivity contribution is -0.135. The first kappa shape index (κ1) is 22.7. The van der Waals surface area contributed by atoms with E-state index in [1.54, 1.807) is 37.7 Å². The van der Waals surface area contributed by atoms with Gasteiger partial charge in [0, 0.05) is 46.7 Å². The number of benzene rings is 1. The highest BCUT2D eigenvalue weighted by molar-refractivity contribution is 5.81. The molecule has 1 saturated heterocycles. The molecule has 0 unspecified atom stereocenters. The molecule has 2 amide bonds. The van der Waals surface area contributed by atoms with Gasteiger partial charge >= 0.3 is 0 Å². The Hall–Kier alpha value is -3.01. The first-order valence-corrected chi connectivity index (χ1v) is 10.5. The Morgan fingerprint density at radius 1 is 1.19 bits per heavy atom. The zero-order valence-corrected chi connectivity index (χ0v) is 18.7. The van der Waals surface area contributed by atoms with Crippen LogP contribution in [0.3, 0.4) is 0 Å². The van der Waals surface area contributed by atoms with Gasteiger partial charge in [0.25, 0.3) is 0 Å². The maximum atomic E-state index is 13.6.